The van der Waals surface area contributed by atoms with Crippen molar-refractivity contribution >= 4 is 21.8 Å². The van der Waals surface area contributed by atoms with Gasteiger partial charge in [-0.15, -0.1) is 0 Å². The van der Waals surface area contributed by atoms with Gasteiger partial charge in [-0.3, -0.25) is 9.78 Å². The minimum Gasteiger partial charge on any atom is -0.352 e. The van der Waals surface area contributed by atoms with Gasteiger partial charge in [-0.2, -0.15) is 0 Å². The summed E-state index contributed by atoms with van der Waals surface area (Å²) in [6.07, 6.45) is 2.68. The summed E-state index contributed by atoms with van der Waals surface area (Å²) in [5.74, 6) is -0.399. The molecule has 0 bridgehead atoms. The van der Waals surface area contributed by atoms with E-state index in [1.807, 2.05) is 18.2 Å². The van der Waals surface area contributed by atoms with E-state index in [0.29, 0.717) is 23.9 Å². The first-order valence-corrected chi connectivity index (χ1v) is 7.05. The molecule has 0 fully saturated rings. The Morgan fingerprint density at radius 2 is 2.15 bits per heavy atom. The molecule has 3 nitrogen and oxygen atoms in total. The van der Waals surface area contributed by atoms with Crippen molar-refractivity contribution in [2.45, 2.75) is 19.4 Å². The fourth-order valence-corrected chi connectivity index (χ4v) is 1.97. The summed E-state index contributed by atoms with van der Waals surface area (Å²) in [6, 6.07) is 10.4. The number of aryl methyl sites for hydroxylation is 1. The predicted octanol–water partition coefficient (Wildman–Crippen LogP) is 3.23. The summed E-state index contributed by atoms with van der Waals surface area (Å²) in [4.78, 5) is 15.9. The minimum atomic E-state index is -0.328. The Bertz CT molecular complexity index is 590. The van der Waals surface area contributed by atoms with Crippen LogP contribution in [0.1, 0.15) is 17.7 Å². The van der Waals surface area contributed by atoms with Crippen LogP contribution in [-0.2, 0) is 17.8 Å². The van der Waals surface area contributed by atoms with Gasteiger partial charge in [0, 0.05) is 24.9 Å². The second-order valence-electron chi connectivity index (χ2n) is 4.35. The van der Waals surface area contributed by atoms with Gasteiger partial charge in [0.15, 0.2) is 0 Å². The molecule has 0 spiro atoms. The summed E-state index contributed by atoms with van der Waals surface area (Å²) in [7, 11) is 0. The number of carbonyl (C=O) groups excluding carboxylic acids is 1. The smallest absolute Gasteiger partial charge is 0.220 e. The number of carbonyl (C=O) groups is 1. The number of amides is 1. The van der Waals surface area contributed by atoms with Crippen molar-refractivity contribution in [3.8, 4) is 0 Å². The van der Waals surface area contributed by atoms with Crippen LogP contribution in [0, 0.1) is 5.82 Å². The SMILES string of the molecule is O=C(CCc1ccccn1)NCc1ccc(Br)c(F)c1. The zero-order chi connectivity index (χ0) is 14.4. The molecule has 0 aliphatic carbocycles. The summed E-state index contributed by atoms with van der Waals surface area (Å²) >= 11 is 3.09. The molecule has 104 valence electrons. The fourth-order valence-electron chi connectivity index (χ4n) is 1.73. The molecule has 0 unspecified atom stereocenters. The molecule has 0 atom stereocenters. The summed E-state index contributed by atoms with van der Waals surface area (Å²) < 4.78 is 13.7. The molecule has 0 radical (unpaired) electrons. The van der Waals surface area contributed by atoms with Gasteiger partial charge >= 0.3 is 0 Å². The largest absolute Gasteiger partial charge is 0.352 e. The van der Waals surface area contributed by atoms with Crippen LogP contribution in [0.2, 0.25) is 0 Å². The van der Waals surface area contributed by atoms with Crippen molar-refractivity contribution < 1.29 is 9.18 Å². The van der Waals surface area contributed by atoms with Crippen molar-refractivity contribution in [1.82, 2.24) is 10.3 Å². The average Bonchev–Trinajstić information content (AvgIpc) is 2.47. The van der Waals surface area contributed by atoms with Gasteiger partial charge in [0.05, 0.1) is 4.47 Å². The number of benzene rings is 1. The molecular formula is C15H14BrFN2O. The highest BCUT2D eigenvalue weighted by Crippen LogP contribution is 2.16. The molecule has 1 aromatic heterocycles. The van der Waals surface area contributed by atoms with Crippen molar-refractivity contribution in [1.29, 1.82) is 0 Å². The standard InChI is InChI=1S/C15H14BrFN2O/c16-13-6-4-11(9-14(13)17)10-19-15(20)7-5-12-3-1-2-8-18-12/h1-4,6,8-9H,5,7,10H2,(H,19,20). The number of hydrogen-bond acceptors (Lipinski definition) is 2. The number of hydrogen-bond donors (Lipinski definition) is 1. The van der Waals surface area contributed by atoms with E-state index in [1.54, 1.807) is 18.3 Å². The highest BCUT2D eigenvalue weighted by atomic mass is 79.9. The van der Waals surface area contributed by atoms with Crippen LogP contribution in [0.25, 0.3) is 0 Å². The van der Waals surface area contributed by atoms with Crippen LogP contribution in [0.5, 0.6) is 0 Å². The van der Waals surface area contributed by atoms with Crippen molar-refractivity contribution in [3.63, 3.8) is 0 Å². The topological polar surface area (TPSA) is 42.0 Å². The summed E-state index contributed by atoms with van der Waals surface area (Å²) in [5, 5.41) is 2.77. The summed E-state index contributed by atoms with van der Waals surface area (Å²) in [5.41, 5.74) is 1.62. The Labute approximate surface area is 125 Å². The number of nitrogens with zero attached hydrogens (tertiary/aromatic N) is 1. The highest BCUT2D eigenvalue weighted by molar-refractivity contribution is 9.10. The van der Waals surface area contributed by atoms with E-state index in [9.17, 15) is 9.18 Å². The van der Waals surface area contributed by atoms with Gasteiger partial charge in [0.25, 0.3) is 0 Å². The lowest BCUT2D eigenvalue weighted by Crippen LogP contribution is -2.23. The third kappa shape index (κ3) is 4.42. The normalized spacial score (nSPS) is 10.3. The number of halogens is 2. The van der Waals surface area contributed by atoms with Gasteiger partial charge in [0.1, 0.15) is 5.82 Å². The Balaban J connectivity index is 1.79. The van der Waals surface area contributed by atoms with Gasteiger partial charge in [-0.05, 0) is 52.2 Å². The van der Waals surface area contributed by atoms with Gasteiger partial charge < -0.3 is 5.32 Å². The molecule has 0 aliphatic rings. The fraction of sp³-hybridized carbons (Fsp3) is 0.200. The van der Waals surface area contributed by atoms with E-state index in [1.165, 1.54) is 6.07 Å². The van der Waals surface area contributed by atoms with E-state index in [0.717, 1.165) is 11.3 Å². The molecule has 2 aromatic rings. The Morgan fingerprint density at radius 3 is 2.85 bits per heavy atom. The molecule has 0 saturated carbocycles. The van der Waals surface area contributed by atoms with Crippen LogP contribution >= 0.6 is 15.9 Å². The van der Waals surface area contributed by atoms with Crippen LogP contribution in [-0.4, -0.2) is 10.9 Å². The number of aromatic nitrogens is 1. The Kier molecular flexibility index (Phi) is 5.24. The van der Waals surface area contributed by atoms with Crippen molar-refractivity contribution in [3.05, 3.63) is 64.1 Å². The third-order valence-electron chi connectivity index (χ3n) is 2.81. The van der Waals surface area contributed by atoms with Crippen LogP contribution in [0.15, 0.2) is 47.1 Å². The molecule has 1 amide bonds. The van der Waals surface area contributed by atoms with Gasteiger partial charge in [0.2, 0.25) is 5.91 Å². The molecule has 0 saturated heterocycles. The molecule has 20 heavy (non-hydrogen) atoms. The van der Waals surface area contributed by atoms with E-state index in [2.05, 4.69) is 26.2 Å². The maximum atomic E-state index is 13.3. The molecule has 5 heteroatoms. The first-order chi connectivity index (χ1) is 9.65. The van der Waals surface area contributed by atoms with Gasteiger partial charge in [-0.25, -0.2) is 4.39 Å². The van der Waals surface area contributed by atoms with E-state index >= 15 is 0 Å². The molecule has 0 aliphatic heterocycles. The monoisotopic (exact) mass is 336 g/mol. The number of pyridine rings is 1. The predicted molar refractivity (Wildman–Crippen MR) is 78.5 cm³/mol. The lowest BCUT2D eigenvalue weighted by Gasteiger charge is -2.06. The summed E-state index contributed by atoms with van der Waals surface area (Å²) in [6.45, 7) is 0.325. The highest BCUT2D eigenvalue weighted by Gasteiger charge is 2.04. The molecule has 1 aromatic carbocycles. The Hall–Kier alpha value is -1.75. The Morgan fingerprint density at radius 1 is 1.30 bits per heavy atom. The average molecular weight is 337 g/mol. The first-order valence-electron chi connectivity index (χ1n) is 6.25. The molecular weight excluding hydrogens is 323 g/mol. The van der Waals surface area contributed by atoms with Crippen LogP contribution in [0.4, 0.5) is 4.39 Å². The van der Waals surface area contributed by atoms with Gasteiger partial charge in [-0.1, -0.05) is 12.1 Å². The van der Waals surface area contributed by atoms with Crippen molar-refractivity contribution in [2.24, 2.45) is 0 Å². The lowest BCUT2D eigenvalue weighted by molar-refractivity contribution is -0.121. The second kappa shape index (κ2) is 7.14. The molecule has 1 heterocycles. The maximum Gasteiger partial charge on any atom is 0.220 e. The molecule has 1 N–H and O–H groups in total. The van der Waals surface area contributed by atoms with E-state index in [4.69, 9.17) is 0 Å². The van der Waals surface area contributed by atoms with Crippen molar-refractivity contribution in [2.75, 3.05) is 0 Å². The van der Waals surface area contributed by atoms with Crippen LogP contribution in [0.3, 0.4) is 0 Å². The quantitative estimate of drug-likeness (QED) is 0.910. The zero-order valence-electron chi connectivity index (χ0n) is 10.8. The second-order valence-corrected chi connectivity index (χ2v) is 5.20. The zero-order valence-corrected chi connectivity index (χ0v) is 12.4. The minimum absolute atomic E-state index is 0.0704. The molecule has 2 rings (SSSR count). The van der Waals surface area contributed by atoms with E-state index in [-0.39, 0.29) is 11.7 Å². The lowest BCUT2D eigenvalue weighted by atomic mass is 10.2. The third-order valence-corrected chi connectivity index (χ3v) is 3.45. The number of nitrogens with one attached hydrogen (secondary N) is 1. The number of rotatable bonds is 5. The van der Waals surface area contributed by atoms with E-state index < -0.39 is 0 Å². The van der Waals surface area contributed by atoms with Crippen LogP contribution < -0.4 is 5.32 Å². The first kappa shape index (κ1) is 14.7. The maximum absolute atomic E-state index is 13.3.